The first-order valence-corrected chi connectivity index (χ1v) is 6.92. The molecule has 0 unspecified atom stereocenters. The van der Waals surface area contributed by atoms with Crippen LogP contribution in [-0.4, -0.2) is 5.16 Å². The maximum absolute atomic E-state index is 5.81. The summed E-state index contributed by atoms with van der Waals surface area (Å²) >= 11 is 3.48. The van der Waals surface area contributed by atoms with Crippen LogP contribution in [0, 0.1) is 0 Å². The fourth-order valence-corrected chi connectivity index (χ4v) is 2.63. The summed E-state index contributed by atoms with van der Waals surface area (Å²) < 4.78 is 6.44. The van der Waals surface area contributed by atoms with E-state index in [1.807, 2.05) is 19.1 Å². The molecule has 0 amide bonds. The minimum atomic E-state index is 0.480. The lowest BCUT2D eigenvalue weighted by Gasteiger charge is -2.03. The molecule has 0 saturated carbocycles. The second-order valence-corrected chi connectivity index (χ2v) is 5.35. The monoisotopic (exact) mass is 316 g/mol. The van der Waals surface area contributed by atoms with Crippen molar-refractivity contribution in [3.63, 3.8) is 0 Å². The van der Waals surface area contributed by atoms with E-state index >= 15 is 0 Å². The SMILES string of the molecule is CCc1c(N)noc1-c1ccc2cc(Br)ccc2c1. The Labute approximate surface area is 119 Å². The van der Waals surface area contributed by atoms with Gasteiger partial charge in [-0.25, -0.2) is 0 Å². The third-order valence-electron chi connectivity index (χ3n) is 3.24. The number of nitrogen functional groups attached to an aromatic ring is 1. The van der Waals surface area contributed by atoms with E-state index < -0.39 is 0 Å². The molecule has 0 saturated heterocycles. The van der Waals surface area contributed by atoms with Crippen LogP contribution in [0.15, 0.2) is 45.4 Å². The number of hydrogen-bond acceptors (Lipinski definition) is 3. The molecule has 4 heteroatoms. The standard InChI is InChI=1S/C15H13BrN2O/c1-2-13-14(19-18-15(13)17)11-4-3-10-8-12(16)6-5-9(10)7-11/h3-8H,2H2,1H3,(H2,17,18). The van der Waals surface area contributed by atoms with Crippen molar-refractivity contribution in [2.24, 2.45) is 0 Å². The fourth-order valence-electron chi connectivity index (χ4n) is 2.25. The fraction of sp³-hybridized carbons (Fsp3) is 0.133. The van der Waals surface area contributed by atoms with Crippen LogP contribution in [0.5, 0.6) is 0 Å². The zero-order valence-electron chi connectivity index (χ0n) is 10.5. The second kappa shape index (κ2) is 4.70. The van der Waals surface area contributed by atoms with Gasteiger partial charge in [0.2, 0.25) is 0 Å². The van der Waals surface area contributed by atoms with Crippen LogP contribution in [0.2, 0.25) is 0 Å². The van der Waals surface area contributed by atoms with E-state index in [2.05, 4.69) is 45.4 Å². The van der Waals surface area contributed by atoms with Gasteiger partial charge < -0.3 is 10.3 Å². The minimum Gasteiger partial charge on any atom is -0.381 e. The molecule has 0 atom stereocenters. The molecule has 0 radical (unpaired) electrons. The number of hydrogen-bond donors (Lipinski definition) is 1. The van der Waals surface area contributed by atoms with Crippen molar-refractivity contribution in [1.82, 2.24) is 5.16 Å². The molecule has 96 valence electrons. The second-order valence-electron chi connectivity index (χ2n) is 4.44. The van der Waals surface area contributed by atoms with Crippen molar-refractivity contribution in [3.8, 4) is 11.3 Å². The predicted octanol–water partition coefficient (Wildman–Crippen LogP) is 4.40. The molecule has 0 fully saturated rings. The molecule has 2 N–H and O–H groups in total. The zero-order valence-corrected chi connectivity index (χ0v) is 12.1. The van der Waals surface area contributed by atoms with Gasteiger partial charge >= 0.3 is 0 Å². The van der Waals surface area contributed by atoms with Crippen molar-refractivity contribution >= 4 is 32.5 Å². The summed E-state index contributed by atoms with van der Waals surface area (Å²) in [6.07, 6.45) is 0.809. The van der Waals surface area contributed by atoms with Gasteiger partial charge in [0, 0.05) is 15.6 Å². The lowest BCUT2D eigenvalue weighted by molar-refractivity contribution is 0.435. The van der Waals surface area contributed by atoms with Gasteiger partial charge in [0.05, 0.1) is 0 Å². The normalized spacial score (nSPS) is 11.1. The molecule has 3 aromatic rings. The predicted molar refractivity (Wildman–Crippen MR) is 80.9 cm³/mol. The lowest BCUT2D eigenvalue weighted by Crippen LogP contribution is -1.90. The number of rotatable bonds is 2. The molecule has 1 heterocycles. The molecule has 0 aliphatic heterocycles. The topological polar surface area (TPSA) is 52.0 Å². The van der Waals surface area contributed by atoms with Crippen molar-refractivity contribution in [2.75, 3.05) is 5.73 Å². The van der Waals surface area contributed by atoms with E-state index in [-0.39, 0.29) is 0 Å². The van der Waals surface area contributed by atoms with E-state index in [0.29, 0.717) is 5.82 Å². The summed E-state index contributed by atoms with van der Waals surface area (Å²) in [6, 6.07) is 12.4. The average molecular weight is 317 g/mol. The molecule has 1 aromatic heterocycles. The highest BCUT2D eigenvalue weighted by atomic mass is 79.9. The molecule has 2 aromatic carbocycles. The lowest BCUT2D eigenvalue weighted by atomic mass is 10.0. The summed E-state index contributed by atoms with van der Waals surface area (Å²) in [5, 5.41) is 6.20. The van der Waals surface area contributed by atoms with Crippen LogP contribution in [0.4, 0.5) is 5.82 Å². The van der Waals surface area contributed by atoms with Crippen molar-refractivity contribution < 1.29 is 4.52 Å². The molecular formula is C15H13BrN2O. The quantitative estimate of drug-likeness (QED) is 0.762. The number of aromatic nitrogens is 1. The Morgan fingerprint density at radius 3 is 2.68 bits per heavy atom. The van der Waals surface area contributed by atoms with E-state index in [0.717, 1.165) is 33.2 Å². The number of benzene rings is 2. The summed E-state index contributed by atoms with van der Waals surface area (Å²) in [5.41, 5.74) is 7.79. The van der Waals surface area contributed by atoms with Gasteiger partial charge in [0.25, 0.3) is 0 Å². The van der Waals surface area contributed by atoms with Crippen LogP contribution in [0.25, 0.3) is 22.1 Å². The molecule has 0 bridgehead atoms. The summed E-state index contributed by atoms with van der Waals surface area (Å²) in [5.74, 6) is 1.25. The number of anilines is 1. The van der Waals surface area contributed by atoms with Crippen LogP contribution >= 0.6 is 15.9 Å². The van der Waals surface area contributed by atoms with E-state index in [9.17, 15) is 0 Å². The molecule has 0 aliphatic rings. The Bertz CT molecular complexity index is 749. The maximum atomic E-state index is 5.81. The summed E-state index contributed by atoms with van der Waals surface area (Å²) in [6.45, 7) is 2.05. The van der Waals surface area contributed by atoms with Crippen LogP contribution < -0.4 is 5.73 Å². The summed E-state index contributed by atoms with van der Waals surface area (Å²) in [4.78, 5) is 0. The molecule has 3 nitrogen and oxygen atoms in total. The van der Waals surface area contributed by atoms with Gasteiger partial charge in [-0.2, -0.15) is 0 Å². The van der Waals surface area contributed by atoms with E-state index in [1.54, 1.807) is 0 Å². The first kappa shape index (κ1) is 12.2. The van der Waals surface area contributed by atoms with Gasteiger partial charge in [-0.15, -0.1) is 0 Å². The molecule has 0 spiro atoms. The van der Waals surface area contributed by atoms with Gasteiger partial charge in [-0.05, 0) is 35.4 Å². The van der Waals surface area contributed by atoms with Gasteiger partial charge in [0.15, 0.2) is 11.6 Å². The molecule has 3 rings (SSSR count). The average Bonchev–Trinajstić information content (AvgIpc) is 2.79. The third kappa shape index (κ3) is 2.12. The highest BCUT2D eigenvalue weighted by Gasteiger charge is 2.14. The molecule has 0 aliphatic carbocycles. The maximum Gasteiger partial charge on any atom is 0.172 e. The Morgan fingerprint density at radius 1 is 1.16 bits per heavy atom. The van der Waals surface area contributed by atoms with Crippen molar-refractivity contribution in [1.29, 1.82) is 0 Å². The minimum absolute atomic E-state index is 0.480. The first-order chi connectivity index (χ1) is 9.19. The highest BCUT2D eigenvalue weighted by Crippen LogP contribution is 2.31. The van der Waals surface area contributed by atoms with Crippen LogP contribution in [0.3, 0.4) is 0 Å². The Kier molecular flexibility index (Phi) is 3.03. The number of nitrogens with zero attached hydrogens (tertiary/aromatic N) is 1. The smallest absolute Gasteiger partial charge is 0.172 e. The number of nitrogens with two attached hydrogens (primary N) is 1. The van der Waals surface area contributed by atoms with Gasteiger partial charge in [-0.3, -0.25) is 0 Å². The van der Waals surface area contributed by atoms with E-state index in [1.165, 1.54) is 5.39 Å². The number of fused-ring (bicyclic) bond motifs is 1. The Morgan fingerprint density at radius 2 is 1.89 bits per heavy atom. The molecular weight excluding hydrogens is 304 g/mol. The van der Waals surface area contributed by atoms with Crippen molar-refractivity contribution in [2.45, 2.75) is 13.3 Å². The van der Waals surface area contributed by atoms with Crippen molar-refractivity contribution in [3.05, 3.63) is 46.4 Å². The van der Waals surface area contributed by atoms with E-state index in [4.69, 9.17) is 10.3 Å². The first-order valence-electron chi connectivity index (χ1n) is 6.12. The highest BCUT2D eigenvalue weighted by molar-refractivity contribution is 9.10. The third-order valence-corrected chi connectivity index (χ3v) is 3.73. The zero-order chi connectivity index (χ0) is 13.4. The number of halogens is 1. The van der Waals surface area contributed by atoms with Gasteiger partial charge in [0.1, 0.15) is 0 Å². The van der Waals surface area contributed by atoms with Gasteiger partial charge in [-0.1, -0.05) is 46.2 Å². The molecule has 19 heavy (non-hydrogen) atoms. The Balaban J connectivity index is 2.17. The largest absolute Gasteiger partial charge is 0.381 e. The van der Waals surface area contributed by atoms with Crippen LogP contribution in [0.1, 0.15) is 12.5 Å². The summed E-state index contributed by atoms with van der Waals surface area (Å²) in [7, 11) is 0. The van der Waals surface area contributed by atoms with Crippen LogP contribution in [-0.2, 0) is 6.42 Å². The Hall–Kier alpha value is -1.81.